The van der Waals surface area contributed by atoms with Crippen LogP contribution in [0.25, 0.3) is 0 Å². The molecule has 1 rings (SSSR count). The van der Waals surface area contributed by atoms with E-state index in [2.05, 4.69) is 42.9 Å². The Morgan fingerprint density at radius 1 is 0.452 bits per heavy atom. The summed E-state index contributed by atoms with van der Waals surface area (Å²) in [7, 11) is 0. The zero-order valence-electron chi connectivity index (χ0n) is 28.2. The zero-order chi connectivity index (χ0) is 30.6. The molecular weight excluding hydrogens is 520 g/mol. The summed E-state index contributed by atoms with van der Waals surface area (Å²) in [5.74, 6) is -0.684. The Hall–Kier alpha value is -1.42. The third-order valence-electron chi connectivity index (χ3n) is 7.72. The van der Waals surface area contributed by atoms with E-state index in [0.717, 1.165) is 51.7 Å². The summed E-state index contributed by atoms with van der Waals surface area (Å²) in [6.45, 7) is 6.53. The highest BCUT2D eigenvalue weighted by molar-refractivity contribution is 5.85. The van der Waals surface area contributed by atoms with E-state index in [-0.39, 0.29) is 11.9 Å². The molecule has 0 amide bonds. The number of allylic oxidation sites excluding steroid dienone is 4. The molecule has 4 nitrogen and oxygen atoms in total. The number of hydrogen-bond donors (Lipinski definition) is 0. The molecule has 0 radical (unpaired) electrons. The quantitative estimate of drug-likeness (QED) is 0.0274. The molecular formula is C38H70O4. The Bertz CT molecular complexity index is 570. The molecule has 42 heavy (non-hydrogen) atoms. The third-order valence-corrected chi connectivity index (χ3v) is 7.72. The summed E-state index contributed by atoms with van der Waals surface area (Å²) in [5.41, 5.74) is 0. The van der Waals surface area contributed by atoms with Gasteiger partial charge in [0, 0.05) is 12.8 Å². The maximum absolute atomic E-state index is 11.9. The van der Waals surface area contributed by atoms with Gasteiger partial charge in [0.05, 0.1) is 13.2 Å². The van der Waals surface area contributed by atoms with E-state index in [9.17, 15) is 9.59 Å². The van der Waals surface area contributed by atoms with Crippen molar-refractivity contribution in [2.75, 3.05) is 13.2 Å². The largest absolute Gasteiger partial charge is 0.393 e. The molecule has 246 valence electrons. The van der Waals surface area contributed by atoms with Crippen LogP contribution in [0.3, 0.4) is 0 Å². The van der Waals surface area contributed by atoms with Crippen molar-refractivity contribution in [1.29, 1.82) is 0 Å². The first-order valence-electron chi connectivity index (χ1n) is 18.3. The van der Waals surface area contributed by atoms with Crippen LogP contribution in [0.2, 0.25) is 0 Å². The van der Waals surface area contributed by atoms with Crippen LogP contribution in [0.5, 0.6) is 0 Å². The average molecular weight is 591 g/mol. The van der Waals surface area contributed by atoms with Crippen molar-refractivity contribution in [2.45, 2.75) is 194 Å². The standard InChI is InChI=1S/C36H66O3.C2H4O/c1-3-5-7-9-11-13-15-17-19-21-23-25-27-29-31-33-35(37)39-36(38)34-32-30-28-26-24-22-20-18-16-14-12-10-8-6-4-2;1-2-3-1/h17-20H,3-16,21-34H2,1-2H3;1-2H2/b19-17-,20-18?;. The number of ether oxygens (including phenoxy) is 2. The van der Waals surface area contributed by atoms with Crippen molar-refractivity contribution < 1.29 is 19.1 Å². The first-order chi connectivity index (χ1) is 20.7. The van der Waals surface area contributed by atoms with Gasteiger partial charge in [0.1, 0.15) is 0 Å². The van der Waals surface area contributed by atoms with E-state index in [1.807, 2.05) is 0 Å². The number of carbonyl (C=O) groups excluding carboxylic acids is 2. The molecule has 0 bridgehead atoms. The predicted octanol–water partition coefficient (Wildman–Crippen LogP) is 12.1. The van der Waals surface area contributed by atoms with Crippen molar-refractivity contribution in [3.63, 3.8) is 0 Å². The van der Waals surface area contributed by atoms with Crippen molar-refractivity contribution in [1.82, 2.24) is 0 Å². The molecule has 1 aliphatic rings. The fourth-order valence-corrected chi connectivity index (χ4v) is 4.91. The predicted molar refractivity (Wildman–Crippen MR) is 181 cm³/mol. The lowest BCUT2D eigenvalue weighted by Crippen LogP contribution is -2.11. The van der Waals surface area contributed by atoms with Crippen molar-refractivity contribution in [3.05, 3.63) is 24.3 Å². The van der Waals surface area contributed by atoms with Gasteiger partial charge in [-0.1, -0.05) is 141 Å². The molecule has 0 N–H and O–H groups in total. The van der Waals surface area contributed by atoms with E-state index >= 15 is 0 Å². The number of esters is 2. The highest BCUT2D eigenvalue weighted by atomic mass is 16.6. The minimum Gasteiger partial charge on any atom is -0.393 e. The number of carbonyl (C=O) groups is 2. The fraction of sp³-hybridized carbons (Fsp3) is 0.842. The number of unbranched alkanes of at least 4 members (excludes halogenated alkanes) is 22. The molecule has 1 aliphatic heterocycles. The van der Waals surface area contributed by atoms with Crippen LogP contribution < -0.4 is 0 Å². The molecule has 0 aromatic heterocycles. The minimum absolute atomic E-state index is 0.342. The van der Waals surface area contributed by atoms with Crippen LogP contribution in [0.1, 0.15) is 194 Å². The van der Waals surface area contributed by atoms with Crippen LogP contribution in [-0.2, 0) is 19.1 Å². The number of rotatable bonds is 30. The Morgan fingerprint density at radius 2 is 0.714 bits per heavy atom. The Balaban J connectivity index is 0.00000522. The maximum Gasteiger partial charge on any atom is 0.313 e. The Morgan fingerprint density at radius 3 is 1.00 bits per heavy atom. The molecule has 0 unspecified atom stereocenters. The SMILES string of the molecule is C1CO1.CCCCCCCCC=CCCCCCCCC(=O)OC(=O)CCCCCCC/C=C\CCCCCCCC. The van der Waals surface area contributed by atoms with Gasteiger partial charge in [-0.25, -0.2) is 0 Å². The molecule has 0 aromatic carbocycles. The van der Waals surface area contributed by atoms with E-state index in [0.29, 0.717) is 12.8 Å². The van der Waals surface area contributed by atoms with E-state index < -0.39 is 0 Å². The van der Waals surface area contributed by atoms with Gasteiger partial charge in [-0.05, 0) is 64.2 Å². The molecule has 0 aliphatic carbocycles. The smallest absolute Gasteiger partial charge is 0.313 e. The Labute approximate surface area is 261 Å². The molecule has 0 saturated carbocycles. The van der Waals surface area contributed by atoms with Crippen LogP contribution >= 0.6 is 0 Å². The lowest BCUT2D eigenvalue weighted by molar-refractivity contribution is -0.159. The van der Waals surface area contributed by atoms with Gasteiger partial charge in [0.15, 0.2) is 0 Å². The second-order valence-electron chi connectivity index (χ2n) is 12.1. The molecule has 0 aromatic rings. The second-order valence-corrected chi connectivity index (χ2v) is 12.1. The first-order valence-corrected chi connectivity index (χ1v) is 18.3. The average Bonchev–Trinajstić information content (AvgIpc) is 3.87. The highest BCUT2D eigenvalue weighted by Gasteiger charge is 2.09. The van der Waals surface area contributed by atoms with Crippen molar-refractivity contribution in [2.24, 2.45) is 0 Å². The molecule has 1 saturated heterocycles. The summed E-state index contributed by atoms with van der Waals surface area (Å²) in [6.07, 6.45) is 42.2. The normalized spacial score (nSPS) is 12.5. The molecule has 0 spiro atoms. The number of epoxide rings is 1. The molecule has 1 fully saturated rings. The van der Waals surface area contributed by atoms with E-state index in [1.54, 1.807) is 0 Å². The summed E-state index contributed by atoms with van der Waals surface area (Å²) < 4.78 is 9.49. The molecule has 1 heterocycles. The van der Waals surface area contributed by atoms with E-state index in [1.165, 1.54) is 128 Å². The summed E-state index contributed by atoms with van der Waals surface area (Å²) in [6, 6.07) is 0. The number of hydrogen-bond acceptors (Lipinski definition) is 4. The molecule has 0 atom stereocenters. The fourth-order valence-electron chi connectivity index (χ4n) is 4.91. The van der Waals surface area contributed by atoms with Crippen LogP contribution in [0.15, 0.2) is 24.3 Å². The first kappa shape index (κ1) is 40.6. The van der Waals surface area contributed by atoms with Crippen molar-refractivity contribution in [3.8, 4) is 0 Å². The highest BCUT2D eigenvalue weighted by Crippen LogP contribution is 2.12. The van der Waals surface area contributed by atoms with Gasteiger partial charge < -0.3 is 9.47 Å². The van der Waals surface area contributed by atoms with Gasteiger partial charge >= 0.3 is 11.9 Å². The minimum atomic E-state index is -0.342. The molecule has 4 heteroatoms. The van der Waals surface area contributed by atoms with E-state index in [4.69, 9.17) is 4.74 Å². The van der Waals surface area contributed by atoms with Gasteiger partial charge in [0.25, 0.3) is 0 Å². The maximum atomic E-state index is 11.9. The monoisotopic (exact) mass is 591 g/mol. The third kappa shape index (κ3) is 38.6. The summed E-state index contributed by atoms with van der Waals surface area (Å²) >= 11 is 0. The van der Waals surface area contributed by atoms with Gasteiger partial charge in [-0.3, -0.25) is 9.59 Å². The lowest BCUT2D eigenvalue weighted by Gasteiger charge is -2.04. The topological polar surface area (TPSA) is 55.9 Å². The van der Waals surface area contributed by atoms with Gasteiger partial charge in [-0.2, -0.15) is 0 Å². The Kier molecular flexibility index (Phi) is 34.6. The lowest BCUT2D eigenvalue weighted by atomic mass is 10.1. The van der Waals surface area contributed by atoms with Gasteiger partial charge in [-0.15, -0.1) is 0 Å². The zero-order valence-corrected chi connectivity index (χ0v) is 28.2. The van der Waals surface area contributed by atoms with Gasteiger partial charge in [0.2, 0.25) is 0 Å². The van der Waals surface area contributed by atoms with Crippen molar-refractivity contribution >= 4 is 11.9 Å². The van der Waals surface area contributed by atoms with Crippen LogP contribution in [-0.4, -0.2) is 25.2 Å². The van der Waals surface area contributed by atoms with Crippen LogP contribution in [0, 0.1) is 0 Å². The summed E-state index contributed by atoms with van der Waals surface area (Å²) in [5, 5.41) is 0. The second kappa shape index (κ2) is 35.8. The summed E-state index contributed by atoms with van der Waals surface area (Å²) in [4.78, 5) is 23.8. The van der Waals surface area contributed by atoms with Crippen LogP contribution in [0.4, 0.5) is 0 Å².